The van der Waals surface area contributed by atoms with Gasteiger partial charge in [-0.2, -0.15) is 0 Å². The van der Waals surface area contributed by atoms with Gasteiger partial charge < -0.3 is 4.90 Å². The third kappa shape index (κ3) is 3.72. The van der Waals surface area contributed by atoms with Gasteiger partial charge in [-0.3, -0.25) is 4.79 Å². The number of carbonyl (C=O) groups is 1. The highest BCUT2D eigenvalue weighted by atomic mass is 35.5. The van der Waals surface area contributed by atoms with Gasteiger partial charge in [0.1, 0.15) is 17.3 Å². The number of pyridine rings is 1. The maximum Gasteiger partial charge on any atom is 0.261 e. The Hall–Kier alpha value is -2.86. The Morgan fingerprint density at radius 3 is 2.38 bits per heavy atom. The van der Waals surface area contributed by atoms with Gasteiger partial charge in [0.25, 0.3) is 5.91 Å². The van der Waals surface area contributed by atoms with E-state index in [1.165, 1.54) is 35.8 Å². The third-order valence-electron chi connectivity index (χ3n) is 3.32. The average molecular weight is 343 g/mol. The summed E-state index contributed by atoms with van der Waals surface area (Å²) in [7, 11) is 0. The topological polar surface area (TPSA) is 59.0 Å². The fourth-order valence-electron chi connectivity index (χ4n) is 2.15. The van der Waals surface area contributed by atoms with E-state index in [1.54, 1.807) is 30.5 Å². The highest BCUT2D eigenvalue weighted by Gasteiger charge is 2.19. The van der Waals surface area contributed by atoms with E-state index in [4.69, 9.17) is 11.6 Å². The summed E-state index contributed by atoms with van der Waals surface area (Å²) in [5.41, 5.74) is 1.68. The van der Waals surface area contributed by atoms with Crippen molar-refractivity contribution in [3.05, 3.63) is 83.4 Å². The van der Waals surface area contributed by atoms with Crippen LogP contribution in [-0.4, -0.2) is 20.9 Å². The number of carbonyl (C=O) groups excluding carboxylic acids is 1. The lowest BCUT2D eigenvalue weighted by molar-refractivity contribution is 0.0984. The van der Waals surface area contributed by atoms with E-state index in [2.05, 4.69) is 15.0 Å². The second-order valence-corrected chi connectivity index (χ2v) is 5.37. The standard InChI is InChI=1S/C17H12ClFN4O/c18-16-6-1-12(7-22-16)10-23(15-4-2-14(19)3-5-15)17(24)13-8-20-11-21-9-13/h1-9,11H,10H2. The number of nitrogens with zero attached hydrogens (tertiary/aromatic N) is 4. The summed E-state index contributed by atoms with van der Waals surface area (Å²) in [6.07, 6.45) is 5.81. The molecule has 7 heteroatoms. The molecule has 0 aliphatic rings. The molecule has 2 heterocycles. The van der Waals surface area contributed by atoms with Gasteiger partial charge in [-0.1, -0.05) is 17.7 Å². The van der Waals surface area contributed by atoms with E-state index < -0.39 is 0 Å². The van der Waals surface area contributed by atoms with Gasteiger partial charge in [-0.05, 0) is 35.9 Å². The molecule has 5 nitrogen and oxygen atoms in total. The quantitative estimate of drug-likeness (QED) is 0.681. The zero-order valence-electron chi connectivity index (χ0n) is 12.4. The van der Waals surface area contributed by atoms with Gasteiger partial charge in [0.05, 0.1) is 12.1 Å². The highest BCUT2D eigenvalue weighted by molar-refractivity contribution is 6.29. The van der Waals surface area contributed by atoms with Crippen LogP contribution < -0.4 is 4.90 Å². The Balaban J connectivity index is 1.95. The van der Waals surface area contributed by atoms with Crippen LogP contribution in [0, 0.1) is 5.82 Å². The Morgan fingerprint density at radius 1 is 1.04 bits per heavy atom. The Bertz CT molecular complexity index is 825. The van der Waals surface area contributed by atoms with E-state index in [0.717, 1.165) is 5.56 Å². The van der Waals surface area contributed by atoms with E-state index >= 15 is 0 Å². The van der Waals surface area contributed by atoms with Crippen LogP contribution in [0.2, 0.25) is 5.15 Å². The normalized spacial score (nSPS) is 10.4. The number of amides is 1. The lowest BCUT2D eigenvalue weighted by atomic mass is 10.2. The van der Waals surface area contributed by atoms with Crippen LogP contribution in [0.15, 0.2) is 61.3 Å². The molecule has 3 aromatic rings. The molecule has 2 aromatic heterocycles. The first-order valence-electron chi connectivity index (χ1n) is 7.06. The van der Waals surface area contributed by atoms with E-state index in [9.17, 15) is 9.18 Å². The zero-order valence-corrected chi connectivity index (χ0v) is 13.2. The maximum atomic E-state index is 13.2. The molecular weight excluding hydrogens is 331 g/mol. The van der Waals surface area contributed by atoms with Crippen molar-refractivity contribution in [2.75, 3.05) is 4.90 Å². The molecule has 0 N–H and O–H groups in total. The number of halogens is 2. The molecule has 1 aromatic carbocycles. The van der Waals surface area contributed by atoms with Crippen LogP contribution in [0.4, 0.5) is 10.1 Å². The molecule has 120 valence electrons. The average Bonchev–Trinajstić information content (AvgIpc) is 2.62. The Labute approximate surface area is 142 Å². The predicted molar refractivity (Wildman–Crippen MR) is 88.2 cm³/mol. The van der Waals surface area contributed by atoms with Crippen LogP contribution in [0.25, 0.3) is 0 Å². The summed E-state index contributed by atoms with van der Waals surface area (Å²) in [6.45, 7) is 0.254. The van der Waals surface area contributed by atoms with Crippen molar-refractivity contribution in [1.29, 1.82) is 0 Å². The van der Waals surface area contributed by atoms with Crippen molar-refractivity contribution in [3.63, 3.8) is 0 Å². The lowest BCUT2D eigenvalue weighted by Gasteiger charge is -2.22. The minimum atomic E-state index is -0.373. The molecule has 0 radical (unpaired) electrons. The van der Waals surface area contributed by atoms with Crippen LogP contribution in [-0.2, 0) is 6.54 Å². The van der Waals surface area contributed by atoms with Gasteiger partial charge >= 0.3 is 0 Å². The number of hydrogen-bond acceptors (Lipinski definition) is 4. The van der Waals surface area contributed by atoms with Crippen LogP contribution >= 0.6 is 11.6 Å². The molecule has 0 saturated heterocycles. The second kappa shape index (κ2) is 7.14. The minimum Gasteiger partial charge on any atom is -0.304 e. The first-order valence-corrected chi connectivity index (χ1v) is 7.44. The number of anilines is 1. The van der Waals surface area contributed by atoms with E-state index in [1.807, 2.05) is 0 Å². The summed E-state index contributed by atoms with van der Waals surface area (Å²) in [5.74, 6) is -0.667. The Kier molecular flexibility index (Phi) is 4.77. The van der Waals surface area contributed by atoms with Gasteiger partial charge in [-0.25, -0.2) is 19.3 Å². The van der Waals surface area contributed by atoms with Gasteiger partial charge in [-0.15, -0.1) is 0 Å². The zero-order chi connectivity index (χ0) is 16.9. The summed E-state index contributed by atoms with van der Waals surface area (Å²) in [5, 5.41) is 0.370. The minimum absolute atomic E-state index is 0.254. The predicted octanol–water partition coefficient (Wildman–Crippen LogP) is 3.51. The molecular formula is C17H12ClFN4O. The number of benzene rings is 1. The molecule has 0 spiro atoms. The monoisotopic (exact) mass is 342 g/mol. The molecule has 0 bridgehead atoms. The van der Waals surface area contributed by atoms with Crippen molar-refractivity contribution in [3.8, 4) is 0 Å². The smallest absolute Gasteiger partial charge is 0.261 e. The van der Waals surface area contributed by atoms with Crippen molar-refractivity contribution in [2.45, 2.75) is 6.54 Å². The Morgan fingerprint density at radius 2 is 1.75 bits per heavy atom. The van der Waals surface area contributed by atoms with E-state index in [0.29, 0.717) is 16.4 Å². The molecule has 0 saturated carbocycles. The SMILES string of the molecule is O=C(c1cncnc1)N(Cc1ccc(Cl)nc1)c1ccc(F)cc1. The third-order valence-corrected chi connectivity index (χ3v) is 3.54. The number of hydrogen-bond donors (Lipinski definition) is 0. The van der Waals surface area contributed by atoms with Crippen molar-refractivity contribution >= 4 is 23.2 Å². The molecule has 0 aliphatic heterocycles. The van der Waals surface area contributed by atoms with Crippen LogP contribution in [0.5, 0.6) is 0 Å². The molecule has 0 aliphatic carbocycles. The largest absolute Gasteiger partial charge is 0.304 e. The van der Waals surface area contributed by atoms with Crippen molar-refractivity contribution in [1.82, 2.24) is 15.0 Å². The maximum absolute atomic E-state index is 13.2. The van der Waals surface area contributed by atoms with Crippen LogP contribution in [0.3, 0.4) is 0 Å². The molecule has 0 fully saturated rings. The molecule has 3 rings (SSSR count). The summed E-state index contributed by atoms with van der Waals surface area (Å²) < 4.78 is 13.2. The second-order valence-electron chi connectivity index (χ2n) is 4.98. The van der Waals surface area contributed by atoms with Gasteiger partial charge in [0, 0.05) is 24.3 Å². The fourth-order valence-corrected chi connectivity index (χ4v) is 2.26. The van der Waals surface area contributed by atoms with Gasteiger partial charge in [0.2, 0.25) is 0 Å². The molecule has 0 unspecified atom stereocenters. The summed E-state index contributed by atoms with van der Waals surface area (Å²) >= 11 is 5.79. The fraction of sp³-hybridized carbons (Fsp3) is 0.0588. The lowest BCUT2D eigenvalue weighted by Crippen LogP contribution is -2.30. The molecule has 0 atom stereocenters. The highest BCUT2D eigenvalue weighted by Crippen LogP contribution is 2.20. The summed E-state index contributed by atoms with van der Waals surface area (Å²) in [6, 6.07) is 9.12. The van der Waals surface area contributed by atoms with Gasteiger partial charge in [0.15, 0.2) is 0 Å². The first-order chi connectivity index (χ1) is 11.6. The first kappa shape index (κ1) is 16.0. The summed E-state index contributed by atoms with van der Waals surface area (Å²) in [4.78, 5) is 26.1. The van der Waals surface area contributed by atoms with E-state index in [-0.39, 0.29) is 18.3 Å². The number of rotatable bonds is 4. The van der Waals surface area contributed by atoms with Crippen molar-refractivity contribution in [2.24, 2.45) is 0 Å². The molecule has 1 amide bonds. The number of aromatic nitrogens is 3. The van der Waals surface area contributed by atoms with Crippen molar-refractivity contribution < 1.29 is 9.18 Å². The van der Waals surface area contributed by atoms with Crippen LogP contribution in [0.1, 0.15) is 15.9 Å². The molecule has 24 heavy (non-hydrogen) atoms.